The third-order valence-corrected chi connectivity index (χ3v) is 4.02. The zero-order valence-corrected chi connectivity index (χ0v) is 11.8. The van der Waals surface area contributed by atoms with Crippen LogP contribution in [0.25, 0.3) is 0 Å². The Balaban J connectivity index is 2.53. The second-order valence-electron chi connectivity index (χ2n) is 3.65. The van der Waals surface area contributed by atoms with Crippen LogP contribution in [-0.2, 0) is 10.0 Å². The SMILES string of the molecule is CCS(=O)(=O)NCCNc1ccc([N+](=O)[O-])cc1Cl. The van der Waals surface area contributed by atoms with E-state index in [1.807, 2.05) is 0 Å². The van der Waals surface area contributed by atoms with E-state index >= 15 is 0 Å². The molecule has 0 amide bonds. The molecule has 0 saturated carbocycles. The molecule has 1 rings (SSSR count). The van der Waals surface area contributed by atoms with Crippen molar-refractivity contribution in [2.75, 3.05) is 24.2 Å². The number of non-ortho nitro benzene ring substituents is 1. The summed E-state index contributed by atoms with van der Waals surface area (Å²) in [6.45, 7) is 2.09. The van der Waals surface area contributed by atoms with E-state index in [4.69, 9.17) is 11.6 Å². The molecule has 106 valence electrons. The number of nitrogens with zero attached hydrogens (tertiary/aromatic N) is 1. The van der Waals surface area contributed by atoms with Crippen LogP contribution in [0.5, 0.6) is 0 Å². The molecule has 0 unspecified atom stereocenters. The van der Waals surface area contributed by atoms with Gasteiger partial charge in [-0.25, -0.2) is 13.1 Å². The van der Waals surface area contributed by atoms with Gasteiger partial charge in [0.2, 0.25) is 10.0 Å². The van der Waals surface area contributed by atoms with Gasteiger partial charge in [0.1, 0.15) is 0 Å². The number of hydrogen-bond acceptors (Lipinski definition) is 5. The number of nitrogens with one attached hydrogen (secondary N) is 2. The summed E-state index contributed by atoms with van der Waals surface area (Å²) in [5.74, 6) is 0.0191. The highest BCUT2D eigenvalue weighted by Crippen LogP contribution is 2.26. The number of halogens is 1. The molecular weight excluding hydrogens is 294 g/mol. The molecule has 0 spiro atoms. The number of benzene rings is 1. The maximum Gasteiger partial charge on any atom is 0.271 e. The van der Waals surface area contributed by atoms with Crippen molar-refractivity contribution in [2.24, 2.45) is 0 Å². The van der Waals surface area contributed by atoms with Gasteiger partial charge in [0.25, 0.3) is 5.69 Å². The van der Waals surface area contributed by atoms with E-state index in [0.717, 1.165) is 0 Å². The van der Waals surface area contributed by atoms with Gasteiger partial charge in [-0.1, -0.05) is 11.6 Å². The van der Waals surface area contributed by atoms with Gasteiger partial charge < -0.3 is 5.32 Å². The van der Waals surface area contributed by atoms with E-state index in [1.165, 1.54) is 18.2 Å². The molecule has 9 heteroatoms. The Morgan fingerprint density at radius 2 is 2.05 bits per heavy atom. The molecule has 0 radical (unpaired) electrons. The smallest absolute Gasteiger partial charge is 0.271 e. The third-order valence-electron chi connectivity index (χ3n) is 2.31. The first-order valence-electron chi connectivity index (χ1n) is 5.51. The minimum atomic E-state index is -3.21. The Labute approximate surface area is 116 Å². The molecule has 0 heterocycles. The molecule has 1 aromatic rings. The zero-order chi connectivity index (χ0) is 14.5. The fraction of sp³-hybridized carbons (Fsp3) is 0.400. The number of nitro groups is 1. The molecule has 0 aliphatic heterocycles. The second-order valence-corrected chi connectivity index (χ2v) is 6.15. The van der Waals surface area contributed by atoms with E-state index < -0.39 is 14.9 Å². The van der Waals surface area contributed by atoms with Crippen LogP contribution in [0, 0.1) is 10.1 Å². The van der Waals surface area contributed by atoms with Crippen LogP contribution in [0.1, 0.15) is 6.92 Å². The lowest BCUT2D eigenvalue weighted by Crippen LogP contribution is -2.30. The van der Waals surface area contributed by atoms with E-state index in [9.17, 15) is 18.5 Å². The quantitative estimate of drug-likeness (QED) is 0.452. The lowest BCUT2D eigenvalue weighted by molar-refractivity contribution is -0.384. The largest absolute Gasteiger partial charge is 0.383 e. The van der Waals surface area contributed by atoms with Crippen LogP contribution >= 0.6 is 11.6 Å². The van der Waals surface area contributed by atoms with Gasteiger partial charge in [0.05, 0.1) is 21.4 Å². The number of nitro benzene ring substituents is 1. The number of sulfonamides is 1. The molecule has 0 bridgehead atoms. The average Bonchev–Trinajstić information content (AvgIpc) is 2.36. The Morgan fingerprint density at radius 3 is 2.58 bits per heavy atom. The molecule has 0 aromatic heterocycles. The van der Waals surface area contributed by atoms with Crippen LogP contribution in [0.15, 0.2) is 18.2 Å². The van der Waals surface area contributed by atoms with Gasteiger partial charge in [-0.3, -0.25) is 10.1 Å². The summed E-state index contributed by atoms with van der Waals surface area (Å²) >= 11 is 5.86. The monoisotopic (exact) mass is 307 g/mol. The Morgan fingerprint density at radius 1 is 1.37 bits per heavy atom. The minimum absolute atomic E-state index is 0.0191. The molecule has 0 atom stereocenters. The molecule has 1 aromatic carbocycles. The van der Waals surface area contributed by atoms with Crippen molar-refractivity contribution in [1.29, 1.82) is 0 Å². The fourth-order valence-corrected chi connectivity index (χ4v) is 2.13. The van der Waals surface area contributed by atoms with Gasteiger partial charge in [0.15, 0.2) is 0 Å². The van der Waals surface area contributed by atoms with Crippen LogP contribution in [0.2, 0.25) is 5.02 Å². The lowest BCUT2D eigenvalue weighted by Gasteiger charge is -2.09. The van der Waals surface area contributed by atoms with Crippen molar-refractivity contribution >= 4 is 33.0 Å². The molecule has 0 aliphatic carbocycles. The topological polar surface area (TPSA) is 101 Å². The molecule has 2 N–H and O–H groups in total. The number of hydrogen-bond donors (Lipinski definition) is 2. The first kappa shape index (κ1) is 15.7. The van der Waals surface area contributed by atoms with Crippen LogP contribution < -0.4 is 10.0 Å². The van der Waals surface area contributed by atoms with Crippen molar-refractivity contribution in [3.05, 3.63) is 33.3 Å². The van der Waals surface area contributed by atoms with Crippen molar-refractivity contribution in [1.82, 2.24) is 4.72 Å². The Hall–Kier alpha value is -1.38. The second kappa shape index (κ2) is 6.69. The number of anilines is 1. The van der Waals surface area contributed by atoms with E-state index in [-0.39, 0.29) is 23.0 Å². The predicted octanol–water partition coefficient (Wildman–Crippen LogP) is 1.60. The van der Waals surface area contributed by atoms with Crippen molar-refractivity contribution in [3.63, 3.8) is 0 Å². The van der Waals surface area contributed by atoms with E-state index in [0.29, 0.717) is 12.2 Å². The van der Waals surface area contributed by atoms with Crippen molar-refractivity contribution < 1.29 is 13.3 Å². The molecular formula is C10H14ClN3O4S. The summed E-state index contributed by atoms with van der Waals surface area (Å²) in [6.07, 6.45) is 0. The van der Waals surface area contributed by atoms with Crippen LogP contribution in [0.4, 0.5) is 11.4 Å². The van der Waals surface area contributed by atoms with Crippen molar-refractivity contribution in [2.45, 2.75) is 6.92 Å². The molecule has 19 heavy (non-hydrogen) atoms. The maximum absolute atomic E-state index is 11.2. The van der Waals surface area contributed by atoms with Gasteiger partial charge in [-0.15, -0.1) is 0 Å². The van der Waals surface area contributed by atoms with Gasteiger partial charge in [-0.2, -0.15) is 0 Å². The van der Waals surface area contributed by atoms with E-state index in [2.05, 4.69) is 10.0 Å². The van der Waals surface area contributed by atoms with E-state index in [1.54, 1.807) is 6.92 Å². The molecule has 0 aliphatic rings. The first-order valence-corrected chi connectivity index (χ1v) is 7.54. The predicted molar refractivity (Wildman–Crippen MR) is 74.1 cm³/mol. The summed E-state index contributed by atoms with van der Waals surface area (Å²) in [4.78, 5) is 9.98. The van der Waals surface area contributed by atoms with Crippen LogP contribution in [0.3, 0.4) is 0 Å². The third kappa shape index (κ3) is 5.01. The highest BCUT2D eigenvalue weighted by Gasteiger charge is 2.09. The number of rotatable bonds is 7. The Kier molecular flexibility index (Phi) is 5.52. The molecule has 0 saturated heterocycles. The Bertz CT molecular complexity index is 562. The standard InChI is InChI=1S/C10H14ClN3O4S/c1-2-19(17,18)13-6-5-12-10-4-3-8(14(15)16)7-9(10)11/h3-4,7,12-13H,2,5-6H2,1H3. The van der Waals surface area contributed by atoms with Gasteiger partial charge >= 0.3 is 0 Å². The molecule has 7 nitrogen and oxygen atoms in total. The maximum atomic E-state index is 11.2. The average molecular weight is 308 g/mol. The summed E-state index contributed by atoms with van der Waals surface area (Å²) in [5, 5.41) is 13.6. The first-order chi connectivity index (χ1) is 8.85. The highest BCUT2D eigenvalue weighted by molar-refractivity contribution is 7.89. The van der Waals surface area contributed by atoms with Gasteiger partial charge in [0, 0.05) is 25.2 Å². The highest BCUT2D eigenvalue weighted by atomic mass is 35.5. The van der Waals surface area contributed by atoms with Crippen LogP contribution in [-0.4, -0.2) is 32.2 Å². The lowest BCUT2D eigenvalue weighted by atomic mass is 10.3. The fourth-order valence-electron chi connectivity index (χ4n) is 1.27. The normalized spacial score (nSPS) is 11.3. The minimum Gasteiger partial charge on any atom is -0.383 e. The summed E-state index contributed by atoms with van der Waals surface area (Å²) in [5.41, 5.74) is 0.421. The van der Waals surface area contributed by atoms with Gasteiger partial charge in [-0.05, 0) is 13.0 Å². The summed E-state index contributed by atoms with van der Waals surface area (Å²) in [6, 6.07) is 4.04. The van der Waals surface area contributed by atoms with Crippen molar-refractivity contribution in [3.8, 4) is 0 Å². The zero-order valence-electron chi connectivity index (χ0n) is 10.2. The summed E-state index contributed by atoms with van der Waals surface area (Å²) in [7, 11) is -3.21. The summed E-state index contributed by atoms with van der Waals surface area (Å²) < 4.78 is 24.7. The molecule has 0 fully saturated rings.